The molecule has 0 saturated carbocycles. The number of carboxylic acids is 1. The summed E-state index contributed by atoms with van der Waals surface area (Å²) in [6.07, 6.45) is 0. The molecule has 0 amide bonds. The zero-order valence-electron chi connectivity index (χ0n) is 12.1. The minimum atomic E-state index is -1.63. The monoisotopic (exact) mass is 285 g/mol. The average Bonchev–Trinajstić information content (AvgIpc) is 2.36. The van der Waals surface area contributed by atoms with Gasteiger partial charge in [-0.3, -0.25) is 4.79 Å². The highest BCUT2D eigenvalue weighted by atomic mass is 19.1. The van der Waals surface area contributed by atoms with Crippen LogP contribution >= 0.6 is 0 Å². The third-order valence-corrected chi connectivity index (χ3v) is 3.10. The van der Waals surface area contributed by atoms with Crippen molar-refractivity contribution in [2.75, 3.05) is 20.8 Å². The van der Waals surface area contributed by atoms with Gasteiger partial charge in [0.15, 0.2) is 11.5 Å². The highest BCUT2D eigenvalue weighted by molar-refractivity contribution is 5.78. The standard InChI is InChI=1S/C14H20FNO4/c1-14(2,15)8-5-9(10(7-16)13(17)18)12(20-4)11(6-8)19-3/h5-6,10H,7,16H2,1-4H3,(H,17,18). The molecule has 0 saturated heterocycles. The average molecular weight is 285 g/mol. The summed E-state index contributed by atoms with van der Waals surface area (Å²) in [6, 6.07) is 2.96. The lowest BCUT2D eigenvalue weighted by Gasteiger charge is -2.22. The molecule has 0 fully saturated rings. The van der Waals surface area contributed by atoms with Crippen molar-refractivity contribution in [2.24, 2.45) is 5.73 Å². The Balaban J connectivity index is 3.57. The molecule has 0 bridgehead atoms. The van der Waals surface area contributed by atoms with Gasteiger partial charge in [-0.1, -0.05) is 0 Å². The van der Waals surface area contributed by atoms with Crippen molar-refractivity contribution in [3.05, 3.63) is 23.3 Å². The van der Waals surface area contributed by atoms with Gasteiger partial charge in [0.1, 0.15) is 5.67 Å². The fraction of sp³-hybridized carbons (Fsp3) is 0.500. The molecule has 3 N–H and O–H groups in total. The number of aliphatic carboxylic acids is 1. The molecule has 1 rings (SSSR count). The van der Waals surface area contributed by atoms with Gasteiger partial charge in [-0.25, -0.2) is 4.39 Å². The van der Waals surface area contributed by atoms with Gasteiger partial charge in [-0.15, -0.1) is 0 Å². The molecule has 0 aromatic heterocycles. The molecular formula is C14H20FNO4. The van der Waals surface area contributed by atoms with Crippen molar-refractivity contribution in [2.45, 2.75) is 25.4 Å². The lowest BCUT2D eigenvalue weighted by atomic mass is 9.91. The highest BCUT2D eigenvalue weighted by Gasteiger charge is 2.29. The zero-order valence-corrected chi connectivity index (χ0v) is 12.1. The van der Waals surface area contributed by atoms with Crippen molar-refractivity contribution in [1.82, 2.24) is 0 Å². The van der Waals surface area contributed by atoms with E-state index in [-0.39, 0.29) is 18.0 Å². The van der Waals surface area contributed by atoms with Crippen LogP contribution in [0.25, 0.3) is 0 Å². The topological polar surface area (TPSA) is 81.8 Å². The van der Waals surface area contributed by atoms with E-state index in [0.717, 1.165) is 0 Å². The van der Waals surface area contributed by atoms with E-state index in [4.69, 9.17) is 15.2 Å². The quantitative estimate of drug-likeness (QED) is 0.835. The van der Waals surface area contributed by atoms with Gasteiger partial charge in [0.25, 0.3) is 0 Å². The molecule has 0 aliphatic heterocycles. The first-order valence-corrected chi connectivity index (χ1v) is 6.14. The number of rotatable bonds is 6. The number of methoxy groups -OCH3 is 2. The number of benzene rings is 1. The van der Waals surface area contributed by atoms with Crippen LogP contribution in [0.5, 0.6) is 11.5 Å². The van der Waals surface area contributed by atoms with Gasteiger partial charge in [0, 0.05) is 12.1 Å². The molecule has 0 aliphatic carbocycles. The number of alkyl halides is 1. The van der Waals surface area contributed by atoms with Crippen LogP contribution in [0.15, 0.2) is 12.1 Å². The molecule has 1 aromatic carbocycles. The summed E-state index contributed by atoms with van der Waals surface area (Å²) in [5.74, 6) is -1.54. The first-order valence-electron chi connectivity index (χ1n) is 6.14. The van der Waals surface area contributed by atoms with Crippen LogP contribution in [-0.4, -0.2) is 31.8 Å². The van der Waals surface area contributed by atoms with E-state index >= 15 is 0 Å². The van der Waals surface area contributed by atoms with Crippen LogP contribution in [0.3, 0.4) is 0 Å². The molecule has 5 nitrogen and oxygen atoms in total. The second-order valence-corrected chi connectivity index (χ2v) is 4.90. The van der Waals surface area contributed by atoms with Gasteiger partial charge < -0.3 is 20.3 Å². The maximum atomic E-state index is 14.1. The number of nitrogens with two attached hydrogens (primary N) is 1. The summed E-state index contributed by atoms with van der Waals surface area (Å²) < 4.78 is 24.5. The lowest BCUT2D eigenvalue weighted by Crippen LogP contribution is -2.23. The second-order valence-electron chi connectivity index (χ2n) is 4.90. The number of carboxylic acid groups (broad SMARTS) is 1. The summed E-state index contributed by atoms with van der Waals surface area (Å²) in [5.41, 5.74) is 4.49. The van der Waals surface area contributed by atoms with Gasteiger partial charge >= 0.3 is 5.97 Å². The van der Waals surface area contributed by atoms with Gasteiger partial charge in [0.05, 0.1) is 20.1 Å². The minimum Gasteiger partial charge on any atom is -0.493 e. The molecule has 0 spiro atoms. The highest BCUT2D eigenvalue weighted by Crippen LogP contribution is 2.40. The maximum Gasteiger partial charge on any atom is 0.312 e. The molecule has 0 radical (unpaired) electrons. The van der Waals surface area contributed by atoms with E-state index in [0.29, 0.717) is 11.1 Å². The first kappa shape index (κ1) is 16.2. The Morgan fingerprint density at radius 1 is 1.40 bits per heavy atom. The molecule has 6 heteroatoms. The number of carbonyl (C=O) groups is 1. The smallest absolute Gasteiger partial charge is 0.312 e. The second kappa shape index (κ2) is 6.09. The van der Waals surface area contributed by atoms with E-state index in [1.54, 1.807) is 0 Å². The Hall–Kier alpha value is -1.82. The largest absolute Gasteiger partial charge is 0.493 e. The number of hydrogen-bond donors (Lipinski definition) is 2. The van der Waals surface area contributed by atoms with Crippen LogP contribution in [0.4, 0.5) is 4.39 Å². The minimum absolute atomic E-state index is 0.120. The Morgan fingerprint density at radius 3 is 2.35 bits per heavy atom. The van der Waals surface area contributed by atoms with Gasteiger partial charge in [-0.2, -0.15) is 0 Å². The summed E-state index contributed by atoms with van der Waals surface area (Å²) in [7, 11) is 2.81. The van der Waals surface area contributed by atoms with Crippen molar-refractivity contribution < 1.29 is 23.8 Å². The Kier molecular flexibility index (Phi) is 4.94. The summed E-state index contributed by atoms with van der Waals surface area (Å²) in [4.78, 5) is 11.3. The molecule has 1 atom stereocenters. The van der Waals surface area contributed by atoms with Crippen LogP contribution < -0.4 is 15.2 Å². The normalized spacial score (nSPS) is 12.9. The van der Waals surface area contributed by atoms with E-state index in [1.165, 1.54) is 40.2 Å². The summed E-state index contributed by atoms with van der Waals surface area (Å²) >= 11 is 0. The number of hydrogen-bond acceptors (Lipinski definition) is 4. The van der Waals surface area contributed by atoms with Crippen molar-refractivity contribution in [1.29, 1.82) is 0 Å². The SMILES string of the molecule is COc1cc(C(C)(C)F)cc(C(CN)C(=O)O)c1OC. The molecular weight excluding hydrogens is 265 g/mol. The summed E-state index contributed by atoms with van der Waals surface area (Å²) in [6.45, 7) is 2.65. The first-order chi connectivity index (χ1) is 9.26. The molecule has 20 heavy (non-hydrogen) atoms. The number of halogens is 1. The summed E-state index contributed by atoms with van der Waals surface area (Å²) in [5, 5.41) is 9.23. The van der Waals surface area contributed by atoms with E-state index < -0.39 is 17.6 Å². The van der Waals surface area contributed by atoms with Crippen LogP contribution in [0.1, 0.15) is 30.9 Å². The Bertz CT molecular complexity index is 497. The van der Waals surface area contributed by atoms with E-state index in [2.05, 4.69) is 0 Å². The lowest BCUT2D eigenvalue weighted by molar-refractivity contribution is -0.138. The van der Waals surface area contributed by atoms with Crippen LogP contribution in [0, 0.1) is 0 Å². The fourth-order valence-corrected chi connectivity index (χ4v) is 1.96. The predicted molar refractivity (Wildman–Crippen MR) is 73.1 cm³/mol. The molecule has 1 unspecified atom stereocenters. The third-order valence-electron chi connectivity index (χ3n) is 3.10. The molecule has 0 aliphatic rings. The van der Waals surface area contributed by atoms with E-state index in [9.17, 15) is 14.3 Å². The predicted octanol–water partition coefficient (Wildman–Crippen LogP) is 2.04. The molecule has 1 aromatic rings. The van der Waals surface area contributed by atoms with Crippen LogP contribution in [0.2, 0.25) is 0 Å². The van der Waals surface area contributed by atoms with Gasteiger partial charge in [-0.05, 0) is 31.5 Å². The Morgan fingerprint density at radius 2 is 2.00 bits per heavy atom. The van der Waals surface area contributed by atoms with Crippen LogP contribution in [-0.2, 0) is 10.5 Å². The van der Waals surface area contributed by atoms with Crippen molar-refractivity contribution in [3.8, 4) is 11.5 Å². The Labute approximate surface area is 117 Å². The van der Waals surface area contributed by atoms with Crippen molar-refractivity contribution >= 4 is 5.97 Å². The third kappa shape index (κ3) is 3.19. The van der Waals surface area contributed by atoms with Gasteiger partial charge in [0.2, 0.25) is 0 Å². The van der Waals surface area contributed by atoms with E-state index in [1.807, 2.05) is 0 Å². The fourth-order valence-electron chi connectivity index (χ4n) is 1.96. The zero-order chi connectivity index (χ0) is 15.5. The number of ether oxygens (including phenoxy) is 2. The molecule has 112 valence electrons. The van der Waals surface area contributed by atoms with Crippen molar-refractivity contribution in [3.63, 3.8) is 0 Å². The molecule has 0 heterocycles. The maximum absolute atomic E-state index is 14.1.